The number of hydrogen-bond donors (Lipinski definition) is 0. The molecule has 1 spiro atoms. The van der Waals surface area contributed by atoms with E-state index in [2.05, 4.69) is 17.9 Å². The van der Waals surface area contributed by atoms with E-state index < -0.39 is 11.7 Å². The van der Waals surface area contributed by atoms with Gasteiger partial charge in [0, 0.05) is 24.5 Å². The first-order valence-corrected chi connectivity index (χ1v) is 7.98. The van der Waals surface area contributed by atoms with Gasteiger partial charge in [-0.05, 0) is 49.2 Å². The lowest BCUT2D eigenvalue weighted by Gasteiger charge is -2.27. The maximum absolute atomic E-state index is 12.7. The largest absolute Gasteiger partial charge is 0.416 e. The topological polar surface area (TPSA) is 15.6 Å². The van der Waals surface area contributed by atoms with E-state index in [4.69, 9.17) is 4.99 Å². The van der Waals surface area contributed by atoms with Crippen molar-refractivity contribution >= 4 is 17.1 Å². The van der Waals surface area contributed by atoms with Crippen LogP contribution in [0.2, 0.25) is 0 Å². The summed E-state index contributed by atoms with van der Waals surface area (Å²) >= 11 is 0. The van der Waals surface area contributed by atoms with Crippen LogP contribution >= 0.6 is 0 Å². The first-order valence-electron chi connectivity index (χ1n) is 7.98. The van der Waals surface area contributed by atoms with Gasteiger partial charge in [-0.1, -0.05) is 18.2 Å². The fraction of sp³-hybridized carbons (Fsp3) is 0.316. The third-order valence-electron chi connectivity index (χ3n) is 5.23. The lowest BCUT2D eigenvalue weighted by atomic mass is 9.77. The summed E-state index contributed by atoms with van der Waals surface area (Å²) in [6.07, 6.45) is -3.36. The average molecular weight is 330 g/mol. The highest BCUT2D eigenvalue weighted by atomic mass is 19.4. The summed E-state index contributed by atoms with van der Waals surface area (Å²) < 4.78 is 38.2. The summed E-state index contributed by atoms with van der Waals surface area (Å²) in [5.41, 5.74) is 3.46. The van der Waals surface area contributed by atoms with Crippen molar-refractivity contribution in [3.8, 4) is 0 Å². The Hall–Kier alpha value is -2.30. The van der Waals surface area contributed by atoms with Crippen LogP contribution < -0.4 is 4.90 Å². The molecular weight excluding hydrogens is 313 g/mol. The molecule has 2 heterocycles. The molecule has 0 aromatic heterocycles. The lowest BCUT2D eigenvalue weighted by molar-refractivity contribution is -0.137. The van der Waals surface area contributed by atoms with Crippen LogP contribution in [0.3, 0.4) is 0 Å². The number of aliphatic imine (C=N–C) groups is 1. The van der Waals surface area contributed by atoms with Gasteiger partial charge in [-0.15, -0.1) is 0 Å². The monoisotopic (exact) mass is 330 g/mol. The summed E-state index contributed by atoms with van der Waals surface area (Å²) in [6.45, 7) is 3.62. The van der Waals surface area contributed by atoms with Crippen molar-refractivity contribution in [1.82, 2.24) is 0 Å². The number of anilines is 1. The highest BCUT2D eigenvalue weighted by molar-refractivity contribution is 6.01. The molecule has 2 nitrogen and oxygen atoms in total. The van der Waals surface area contributed by atoms with Crippen LogP contribution in [0.4, 0.5) is 24.5 Å². The molecule has 1 atom stereocenters. The van der Waals surface area contributed by atoms with Crippen molar-refractivity contribution in [2.24, 2.45) is 4.99 Å². The third kappa shape index (κ3) is 2.22. The van der Waals surface area contributed by atoms with Crippen molar-refractivity contribution in [2.75, 3.05) is 18.0 Å². The fourth-order valence-corrected chi connectivity index (χ4v) is 3.86. The molecular formula is C19H17F3N2. The Morgan fingerprint density at radius 1 is 1.04 bits per heavy atom. The smallest absolute Gasteiger partial charge is 0.370 e. The van der Waals surface area contributed by atoms with Gasteiger partial charge in [0.05, 0.1) is 16.7 Å². The van der Waals surface area contributed by atoms with E-state index in [9.17, 15) is 13.2 Å². The first kappa shape index (κ1) is 15.2. The summed E-state index contributed by atoms with van der Waals surface area (Å²) in [6, 6.07) is 13.6. The molecule has 5 heteroatoms. The molecule has 4 rings (SSSR count). The molecule has 1 saturated heterocycles. The van der Waals surface area contributed by atoms with Gasteiger partial charge in [-0.25, -0.2) is 0 Å². The van der Waals surface area contributed by atoms with Crippen LogP contribution in [0.1, 0.15) is 24.5 Å². The van der Waals surface area contributed by atoms with Crippen LogP contribution in [0.5, 0.6) is 0 Å². The zero-order valence-electron chi connectivity index (χ0n) is 13.3. The molecule has 0 amide bonds. The zero-order chi connectivity index (χ0) is 16.9. The minimum atomic E-state index is -4.29. The number of halogens is 3. The normalized spacial score (nSPS) is 22.8. The van der Waals surface area contributed by atoms with Crippen LogP contribution in [0.25, 0.3) is 0 Å². The van der Waals surface area contributed by atoms with Gasteiger partial charge >= 0.3 is 6.18 Å². The fourth-order valence-electron chi connectivity index (χ4n) is 3.86. The second kappa shape index (κ2) is 5.10. The number of alkyl halides is 3. The van der Waals surface area contributed by atoms with Crippen LogP contribution in [-0.4, -0.2) is 18.8 Å². The number of rotatable bonds is 1. The minimum absolute atomic E-state index is 0.112. The van der Waals surface area contributed by atoms with Gasteiger partial charge in [0.2, 0.25) is 0 Å². The summed E-state index contributed by atoms with van der Waals surface area (Å²) in [5.74, 6) is 0. The Kier molecular flexibility index (Phi) is 3.24. The van der Waals surface area contributed by atoms with Crippen molar-refractivity contribution in [3.05, 3.63) is 59.7 Å². The Bertz CT molecular complexity index is 808. The van der Waals surface area contributed by atoms with Crippen LogP contribution in [0, 0.1) is 0 Å². The molecule has 24 heavy (non-hydrogen) atoms. The molecule has 0 aliphatic carbocycles. The average Bonchev–Trinajstić information content (AvgIpc) is 3.11. The van der Waals surface area contributed by atoms with Crippen molar-refractivity contribution < 1.29 is 13.2 Å². The number of para-hydroxylation sites is 1. The van der Waals surface area contributed by atoms with Crippen LogP contribution in [-0.2, 0) is 11.6 Å². The van der Waals surface area contributed by atoms with Gasteiger partial charge in [-0.2, -0.15) is 13.2 Å². The second-order valence-corrected chi connectivity index (χ2v) is 6.51. The number of nitrogens with zero attached hydrogens (tertiary/aromatic N) is 2. The molecule has 2 aliphatic rings. The second-order valence-electron chi connectivity index (χ2n) is 6.51. The third-order valence-corrected chi connectivity index (χ3v) is 5.23. The summed E-state index contributed by atoms with van der Waals surface area (Å²) in [5, 5.41) is 0. The molecule has 0 radical (unpaired) electrons. The Morgan fingerprint density at radius 2 is 1.75 bits per heavy atom. The van der Waals surface area contributed by atoms with Crippen molar-refractivity contribution in [2.45, 2.75) is 24.9 Å². The van der Waals surface area contributed by atoms with Gasteiger partial charge in [0.15, 0.2) is 0 Å². The summed E-state index contributed by atoms with van der Waals surface area (Å²) in [7, 11) is 0. The Balaban J connectivity index is 1.63. The maximum atomic E-state index is 12.7. The zero-order valence-corrected chi connectivity index (χ0v) is 13.3. The molecule has 124 valence electrons. The van der Waals surface area contributed by atoms with Gasteiger partial charge in [0.1, 0.15) is 0 Å². The molecule has 2 aromatic carbocycles. The van der Waals surface area contributed by atoms with Gasteiger partial charge in [0.25, 0.3) is 0 Å². The Morgan fingerprint density at radius 3 is 2.46 bits per heavy atom. The highest BCUT2D eigenvalue weighted by Gasteiger charge is 2.46. The van der Waals surface area contributed by atoms with E-state index in [0.717, 1.165) is 48.7 Å². The van der Waals surface area contributed by atoms with E-state index in [0.29, 0.717) is 0 Å². The molecule has 2 aliphatic heterocycles. The number of fused-ring (bicyclic) bond motifs is 2. The minimum Gasteiger partial charge on any atom is -0.370 e. The van der Waals surface area contributed by atoms with E-state index >= 15 is 0 Å². The highest BCUT2D eigenvalue weighted by Crippen LogP contribution is 2.46. The summed E-state index contributed by atoms with van der Waals surface area (Å²) in [4.78, 5) is 6.86. The van der Waals surface area contributed by atoms with E-state index in [1.807, 2.05) is 18.2 Å². The SMILES string of the molecule is CC1=Nc2ccccc2C12CCN(c1ccc(C(F)(F)F)cc1)C2. The van der Waals surface area contributed by atoms with Crippen LogP contribution in [0.15, 0.2) is 53.5 Å². The lowest BCUT2D eigenvalue weighted by Crippen LogP contribution is -2.35. The molecule has 1 unspecified atom stereocenters. The van der Waals surface area contributed by atoms with Crippen molar-refractivity contribution in [3.63, 3.8) is 0 Å². The van der Waals surface area contributed by atoms with E-state index in [1.165, 1.54) is 5.56 Å². The quantitative estimate of drug-likeness (QED) is 0.721. The van der Waals surface area contributed by atoms with Gasteiger partial charge in [-0.3, -0.25) is 4.99 Å². The molecule has 0 bridgehead atoms. The Labute approximate surface area is 138 Å². The number of hydrogen-bond acceptors (Lipinski definition) is 2. The van der Waals surface area contributed by atoms with Crippen molar-refractivity contribution in [1.29, 1.82) is 0 Å². The predicted octanol–water partition coefficient (Wildman–Crippen LogP) is 4.96. The molecule has 0 saturated carbocycles. The van der Waals surface area contributed by atoms with E-state index in [1.54, 1.807) is 12.1 Å². The van der Waals surface area contributed by atoms with Gasteiger partial charge < -0.3 is 4.90 Å². The van der Waals surface area contributed by atoms with E-state index in [-0.39, 0.29) is 5.41 Å². The number of benzene rings is 2. The molecule has 1 fully saturated rings. The molecule has 2 aromatic rings. The standard InChI is InChI=1S/C19H17F3N2/c1-13-18(16-4-2-3-5-17(16)23-13)10-11-24(12-18)15-8-6-14(7-9-15)19(20,21)22/h2-9H,10-12H2,1H3. The maximum Gasteiger partial charge on any atom is 0.416 e. The molecule has 0 N–H and O–H groups in total. The predicted molar refractivity (Wildman–Crippen MR) is 89.2 cm³/mol. The first-order chi connectivity index (χ1) is 11.4.